The number of carbonyl (C=O) groups excluding carboxylic acids is 1. The smallest absolute Gasteiger partial charge is 0.219 e. The number of nitrogens with one attached hydrogen (secondary N) is 1. The number of fused-ring (bicyclic) bond motifs is 1. The quantitative estimate of drug-likeness (QED) is 0.606. The fourth-order valence-corrected chi connectivity index (χ4v) is 3.30. The molecule has 0 bridgehead atoms. The number of imidazole rings is 1. The third kappa shape index (κ3) is 4.91. The van der Waals surface area contributed by atoms with Crippen LogP contribution in [0.15, 0.2) is 42.5 Å². The zero-order chi connectivity index (χ0) is 19.9. The van der Waals surface area contributed by atoms with Crippen molar-refractivity contribution in [2.24, 2.45) is 0 Å². The molecule has 1 N–H and O–H groups in total. The van der Waals surface area contributed by atoms with Gasteiger partial charge >= 0.3 is 0 Å². The topological polar surface area (TPSA) is 56.2 Å². The minimum Gasteiger partial charge on any atom is -0.491 e. The number of rotatable bonds is 9. The molecule has 0 saturated carbocycles. The van der Waals surface area contributed by atoms with E-state index in [1.54, 1.807) is 0 Å². The molecule has 1 amide bonds. The van der Waals surface area contributed by atoms with Gasteiger partial charge in [-0.05, 0) is 49.6 Å². The molecule has 1 aromatic heterocycles. The summed E-state index contributed by atoms with van der Waals surface area (Å²) in [7, 11) is 0. The lowest BCUT2D eigenvalue weighted by Gasteiger charge is -2.13. The molecule has 0 aliphatic carbocycles. The number of benzene rings is 2. The lowest BCUT2D eigenvalue weighted by molar-refractivity contribution is -0.121. The summed E-state index contributed by atoms with van der Waals surface area (Å²) in [4.78, 5) is 16.5. The SMILES string of the molecule is CCCC(=O)NCCc1nc2ccccc2n1CCOc1cc(C)ccc1C. The largest absolute Gasteiger partial charge is 0.491 e. The van der Waals surface area contributed by atoms with Crippen LogP contribution in [0.5, 0.6) is 5.75 Å². The third-order valence-corrected chi connectivity index (χ3v) is 4.80. The number of nitrogens with zero attached hydrogens (tertiary/aromatic N) is 2. The molecule has 3 aromatic rings. The van der Waals surface area contributed by atoms with Gasteiger partial charge in [0.05, 0.1) is 17.6 Å². The molecule has 0 spiro atoms. The molecule has 0 aliphatic rings. The van der Waals surface area contributed by atoms with Crippen LogP contribution in [0.25, 0.3) is 11.0 Å². The van der Waals surface area contributed by atoms with Gasteiger partial charge in [0.2, 0.25) is 5.91 Å². The first-order chi connectivity index (χ1) is 13.6. The second-order valence-electron chi connectivity index (χ2n) is 7.14. The molecule has 0 saturated heterocycles. The molecule has 5 nitrogen and oxygen atoms in total. The van der Waals surface area contributed by atoms with Crippen molar-refractivity contribution in [1.29, 1.82) is 0 Å². The number of hydrogen-bond acceptors (Lipinski definition) is 3. The van der Waals surface area contributed by atoms with E-state index in [9.17, 15) is 4.79 Å². The van der Waals surface area contributed by atoms with Gasteiger partial charge in [-0.1, -0.05) is 31.2 Å². The highest BCUT2D eigenvalue weighted by atomic mass is 16.5. The first-order valence-corrected chi connectivity index (χ1v) is 9.99. The number of carbonyl (C=O) groups is 1. The first-order valence-electron chi connectivity index (χ1n) is 9.99. The second-order valence-corrected chi connectivity index (χ2v) is 7.14. The summed E-state index contributed by atoms with van der Waals surface area (Å²) >= 11 is 0. The maximum atomic E-state index is 11.7. The Morgan fingerprint density at radius 1 is 1.18 bits per heavy atom. The average Bonchev–Trinajstić information content (AvgIpc) is 3.02. The molecule has 0 unspecified atom stereocenters. The molecule has 0 aliphatic heterocycles. The molecule has 3 rings (SSSR count). The molecule has 0 radical (unpaired) electrons. The summed E-state index contributed by atoms with van der Waals surface area (Å²) in [5, 5.41) is 2.98. The van der Waals surface area contributed by atoms with E-state index in [0.717, 1.165) is 34.6 Å². The third-order valence-electron chi connectivity index (χ3n) is 4.80. The van der Waals surface area contributed by atoms with Crippen molar-refractivity contribution in [1.82, 2.24) is 14.9 Å². The fourth-order valence-electron chi connectivity index (χ4n) is 3.30. The van der Waals surface area contributed by atoms with Crippen LogP contribution in [0.3, 0.4) is 0 Å². The molecular weight excluding hydrogens is 350 g/mol. The van der Waals surface area contributed by atoms with Crippen LogP contribution in [0.2, 0.25) is 0 Å². The number of hydrogen-bond donors (Lipinski definition) is 1. The minimum absolute atomic E-state index is 0.100. The maximum Gasteiger partial charge on any atom is 0.219 e. The fraction of sp³-hybridized carbons (Fsp3) is 0.391. The Kier molecular flexibility index (Phi) is 6.69. The predicted molar refractivity (Wildman–Crippen MR) is 113 cm³/mol. The van der Waals surface area contributed by atoms with Crippen LogP contribution < -0.4 is 10.1 Å². The van der Waals surface area contributed by atoms with Crippen molar-refractivity contribution in [3.63, 3.8) is 0 Å². The van der Waals surface area contributed by atoms with Crippen molar-refractivity contribution in [3.8, 4) is 5.75 Å². The van der Waals surface area contributed by atoms with Crippen LogP contribution in [0.1, 0.15) is 36.7 Å². The zero-order valence-corrected chi connectivity index (χ0v) is 17.0. The molecular formula is C23H29N3O2. The van der Waals surface area contributed by atoms with E-state index in [1.807, 2.05) is 25.1 Å². The van der Waals surface area contributed by atoms with Gasteiger partial charge in [0.1, 0.15) is 18.2 Å². The maximum absolute atomic E-state index is 11.7. The molecule has 148 valence electrons. The summed E-state index contributed by atoms with van der Waals surface area (Å²) in [6, 6.07) is 14.4. The van der Waals surface area contributed by atoms with Gasteiger partial charge in [0.15, 0.2) is 0 Å². The van der Waals surface area contributed by atoms with E-state index < -0.39 is 0 Å². The number of amides is 1. The highest BCUT2D eigenvalue weighted by Gasteiger charge is 2.11. The zero-order valence-electron chi connectivity index (χ0n) is 17.0. The molecule has 28 heavy (non-hydrogen) atoms. The van der Waals surface area contributed by atoms with E-state index in [0.29, 0.717) is 32.5 Å². The molecule has 0 fully saturated rings. The van der Waals surface area contributed by atoms with Gasteiger partial charge in [-0.3, -0.25) is 4.79 Å². The number of aromatic nitrogens is 2. The van der Waals surface area contributed by atoms with Crippen LogP contribution in [-0.4, -0.2) is 28.6 Å². The van der Waals surface area contributed by atoms with Crippen molar-refractivity contribution < 1.29 is 9.53 Å². The molecule has 2 aromatic carbocycles. The molecule has 5 heteroatoms. The Morgan fingerprint density at radius 2 is 2.00 bits per heavy atom. The average molecular weight is 380 g/mol. The monoisotopic (exact) mass is 379 g/mol. The second kappa shape index (κ2) is 9.40. The Morgan fingerprint density at radius 3 is 2.82 bits per heavy atom. The Labute approximate surface area is 166 Å². The lowest BCUT2D eigenvalue weighted by Crippen LogP contribution is -2.26. The van der Waals surface area contributed by atoms with E-state index in [-0.39, 0.29) is 5.91 Å². The summed E-state index contributed by atoms with van der Waals surface area (Å²) in [5.74, 6) is 2.00. The normalized spacial score (nSPS) is 11.0. The van der Waals surface area contributed by atoms with Gasteiger partial charge in [-0.15, -0.1) is 0 Å². The first kappa shape index (κ1) is 19.9. The van der Waals surface area contributed by atoms with E-state index >= 15 is 0 Å². The van der Waals surface area contributed by atoms with Gasteiger partial charge < -0.3 is 14.6 Å². The highest BCUT2D eigenvalue weighted by Crippen LogP contribution is 2.20. The van der Waals surface area contributed by atoms with Crippen molar-refractivity contribution in [3.05, 3.63) is 59.4 Å². The summed E-state index contributed by atoms with van der Waals surface area (Å²) in [6.45, 7) is 8.02. The van der Waals surface area contributed by atoms with Crippen molar-refractivity contribution in [2.75, 3.05) is 13.2 Å². The lowest BCUT2D eigenvalue weighted by atomic mass is 10.1. The summed E-state index contributed by atoms with van der Waals surface area (Å²) in [5.41, 5.74) is 4.41. The summed E-state index contributed by atoms with van der Waals surface area (Å²) in [6.07, 6.45) is 2.13. The molecule has 0 atom stereocenters. The van der Waals surface area contributed by atoms with Crippen LogP contribution in [0.4, 0.5) is 0 Å². The van der Waals surface area contributed by atoms with Crippen LogP contribution in [-0.2, 0) is 17.8 Å². The van der Waals surface area contributed by atoms with E-state index in [1.165, 1.54) is 5.56 Å². The standard InChI is InChI=1S/C23H29N3O2/c1-4-7-23(27)24-13-12-22-25-19-8-5-6-9-20(19)26(22)14-15-28-21-16-17(2)10-11-18(21)3/h5-6,8-11,16H,4,7,12-15H2,1-3H3,(H,24,27). The predicted octanol–water partition coefficient (Wildman–Crippen LogP) is 4.19. The van der Waals surface area contributed by atoms with Gasteiger partial charge in [0.25, 0.3) is 0 Å². The molecule has 1 heterocycles. The van der Waals surface area contributed by atoms with Gasteiger partial charge in [-0.2, -0.15) is 0 Å². The number of aryl methyl sites for hydroxylation is 2. The van der Waals surface area contributed by atoms with Gasteiger partial charge in [0, 0.05) is 19.4 Å². The van der Waals surface area contributed by atoms with E-state index in [2.05, 4.69) is 48.0 Å². The Balaban J connectivity index is 1.69. The highest BCUT2D eigenvalue weighted by molar-refractivity contribution is 5.76. The van der Waals surface area contributed by atoms with Crippen LogP contribution >= 0.6 is 0 Å². The summed E-state index contributed by atoms with van der Waals surface area (Å²) < 4.78 is 8.25. The van der Waals surface area contributed by atoms with Crippen molar-refractivity contribution in [2.45, 2.75) is 46.6 Å². The number of para-hydroxylation sites is 2. The minimum atomic E-state index is 0.100. The van der Waals surface area contributed by atoms with Gasteiger partial charge in [-0.25, -0.2) is 4.98 Å². The van der Waals surface area contributed by atoms with E-state index in [4.69, 9.17) is 9.72 Å². The van der Waals surface area contributed by atoms with Crippen molar-refractivity contribution >= 4 is 16.9 Å². The Bertz CT molecular complexity index is 946. The van der Waals surface area contributed by atoms with Crippen LogP contribution in [0, 0.1) is 13.8 Å². The number of ether oxygens (including phenoxy) is 1. The Hall–Kier alpha value is -2.82.